The van der Waals surface area contributed by atoms with Gasteiger partial charge in [-0.1, -0.05) is 84.3 Å². The number of halogens is 1. The molecule has 1 saturated heterocycles. The van der Waals surface area contributed by atoms with Gasteiger partial charge < -0.3 is 35.4 Å². The Hall–Kier alpha value is -5.76. The standard InChI is InChI=1S/C49H62ClN9O7/c1-47(2,3)38(44(64)59-28-35(60)24-40(59)43(63)53-27-30-11-13-31(14-12-30)41-55-57-58-56-41)23-36(61)29-65-22-10-8-9-21-52-34-18-15-32(16-19-34)42(62)54-45-48(4,5)46(49(45,6)7)66-37-20-17-33(26-51)39(50)25-37/h11-20,25,35,38,40-41,45-46,52,60H,8-10,21-24,27-29H2,1-7H3,(H,53,63)(H,54,62)/t35-,38-,40?,45?,46?/m1/s1. The summed E-state index contributed by atoms with van der Waals surface area (Å²) < 4.78 is 12.1. The number of nitrogens with zero attached hydrogens (tertiary/aromatic N) is 6. The molecule has 2 fully saturated rings. The molecule has 1 saturated carbocycles. The van der Waals surface area contributed by atoms with E-state index >= 15 is 0 Å². The van der Waals surface area contributed by atoms with Gasteiger partial charge in [0.1, 0.15) is 30.6 Å². The number of anilines is 1. The van der Waals surface area contributed by atoms with E-state index < -0.39 is 29.6 Å². The molecule has 6 rings (SSSR count). The highest BCUT2D eigenvalue weighted by molar-refractivity contribution is 6.31. The van der Waals surface area contributed by atoms with Gasteiger partial charge in [-0.05, 0) is 77.1 Å². The Morgan fingerprint density at radius 3 is 2.27 bits per heavy atom. The fraction of sp³-hybridized carbons (Fsp3) is 0.531. The molecule has 0 spiro atoms. The SMILES string of the molecule is CC1(C)C(NC(=O)c2ccc(NCCCCCOCC(=O)C[C@H](C(=O)N3C[C@H](O)CC3C(=O)NCc3ccc(C4N=NN=N4)cc3)C(C)(C)C)cc2)C(C)(C)C1Oc1ccc(C#N)c(Cl)c1. The highest BCUT2D eigenvalue weighted by atomic mass is 35.5. The quantitative estimate of drug-likeness (QED) is 0.0803. The van der Waals surface area contributed by atoms with Crippen LogP contribution in [-0.4, -0.2) is 84.1 Å². The summed E-state index contributed by atoms with van der Waals surface area (Å²) in [5.74, 6) is -1.20. The van der Waals surface area contributed by atoms with Gasteiger partial charge in [-0.25, -0.2) is 0 Å². The zero-order valence-corrected chi connectivity index (χ0v) is 39.6. The molecule has 17 heteroatoms. The maximum absolute atomic E-state index is 14.0. The Kier molecular flexibility index (Phi) is 16.0. The minimum Gasteiger partial charge on any atom is -0.489 e. The highest BCUT2D eigenvalue weighted by Crippen LogP contribution is 2.55. The average molecular weight is 925 g/mol. The second kappa shape index (κ2) is 21.3. The monoisotopic (exact) mass is 923 g/mol. The number of β-amino-alcohol motifs (C(OH)–C–C–N with tert-alkyl or cyclic N) is 1. The minimum atomic E-state index is -0.861. The number of nitriles is 1. The second-order valence-corrected chi connectivity index (χ2v) is 20.1. The summed E-state index contributed by atoms with van der Waals surface area (Å²) in [6.45, 7) is 15.2. The number of ketones is 1. The normalized spacial score (nSPS) is 21.1. The number of hydrogen-bond donors (Lipinski definition) is 4. The van der Waals surface area contributed by atoms with Crippen molar-refractivity contribution in [3.05, 3.63) is 94.0 Å². The predicted molar refractivity (Wildman–Crippen MR) is 248 cm³/mol. The molecule has 352 valence electrons. The lowest BCUT2D eigenvalue weighted by Crippen LogP contribution is -2.74. The van der Waals surface area contributed by atoms with E-state index in [2.05, 4.69) is 70.4 Å². The van der Waals surface area contributed by atoms with Crippen LogP contribution >= 0.6 is 11.6 Å². The number of benzene rings is 3. The third-order valence-corrected chi connectivity index (χ3v) is 13.2. The van der Waals surface area contributed by atoms with Crippen molar-refractivity contribution >= 4 is 40.8 Å². The number of aliphatic hydroxyl groups is 1. The Morgan fingerprint density at radius 2 is 1.64 bits per heavy atom. The van der Waals surface area contributed by atoms with Gasteiger partial charge in [0, 0.05) is 84.8 Å². The minimum absolute atomic E-state index is 0.0145. The number of Topliss-reactive ketones (excluding diaryl/α,β-unsaturated/α-hetero) is 1. The summed E-state index contributed by atoms with van der Waals surface area (Å²) in [6.07, 6.45) is 1.04. The van der Waals surface area contributed by atoms with Gasteiger partial charge in [0.05, 0.1) is 16.7 Å². The van der Waals surface area contributed by atoms with Crippen LogP contribution in [0.4, 0.5) is 5.69 Å². The summed E-state index contributed by atoms with van der Waals surface area (Å²) in [7, 11) is 0. The zero-order valence-electron chi connectivity index (χ0n) is 38.8. The van der Waals surface area contributed by atoms with Crippen molar-refractivity contribution < 1.29 is 33.8 Å². The van der Waals surface area contributed by atoms with Gasteiger partial charge in [-0.15, -0.1) is 10.2 Å². The van der Waals surface area contributed by atoms with E-state index in [0.717, 1.165) is 42.6 Å². The molecule has 3 aromatic carbocycles. The third-order valence-electron chi connectivity index (χ3n) is 12.9. The molecular formula is C49H62ClN9O7. The number of ether oxygens (including phenoxy) is 2. The summed E-state index contributed by atoms with van der Waals surface area (Å²) in [4.78, 5) is 55.3. The van der Waals surface area contributed by atoms with Gasteiger partial charge in [0.25, 0.3) is 5.91 Å². The van der Waals surface area contributed by atoms with Gasteiger partial charge in [0.2, 0.25) is 18.0 Å². The number of aliphatic hydroxyl groups excluding tert-OH is 1. The molecule has 0 aromatic heterocycles. The number of unbranched alkanes of at least 4 members (excludes halogenated alkanes) is 2. The van der Waals surface area contributed by atoms with E-state index in [1.165, 1.54) is 4.90 Å². The van der Waals surface area contributed by atoms with Crippen LogP contribution < -0.4 is 20.7 Å². The molecule has 0 radical (unpaired) electrons. The van der Waals surface area contributed by atoms with Crippen LogP contribution in [0.15, 0.2) is 87.4 Å². The maximum atomic E-state index is 14.0. The Morgan fingerprint density at radius 1 is 0.955 bits per heavy atom. The molecule has 3 aliphatic rings. The molecular weight excluding hydrogens is 862 g/mol. The van der Waals surface area contributed by atoms with Crippen molar-refractivity contribution in [3.63, 3.8) is 0 Å². The molecule has 1 aliphatic carbocycles. The number of carbonyl (C=O) groups excluding carboxylic acids is 4. The number of amides is 3. The van der Waals surface area contributed by atoms with E-state index in [1.807, 2.05) is 57.2 Å². The van der Waals surface area contributed by atoms with Crippen molar-refractivity contribution in [3.8, 4) is 11.8 Å². The lowest BCUT2D eigenvalue weighted by atomic mass is 9.49. The Labute approximate surface area is 391 Å². The molecule has 66 heavy (non-hydrogen) atoms. The van der Waals surface area contributed by atoms with Crippen LogP contribution in [0.3, 0.4) is 0 Å². The molecule has 2 heterocycles. The lowest BCUT2D eigenvalue weighted by molar-refractivity contribution is -0.164. The van der Waals surface area contributed by atoms with E-state index in [4.69, 9.17) is 21.1 Å². The highest BCUT2D eigenvalue weighted by Gasteiger charge is 2.64. The maximum Gasteiger partial charge on any atom is 0.251 e. The first kappa shape index (κ1) is 49.7. The van der Waals surface area contributed by atoms with Gasteiger partial charge in [-0.3, -0.25) is 19.2 Å². The molecule has 1 unspecified atom stereocenters. The summed E-state index contributed by atoms with van der Waals surface area (Å²) in [5, 5.41) is 44.5. The largest absolute Gasteiger partial charge is 0.489 e. The van der Waals surface area contributed by atoms with Gasteiger partial charge >= 0.3 is 0 Å². The molecule has 3 amide bonds. The lowest BCUT2D eigenvalue weighted by Gasteiger charge is -2.63. The van der Waals surface area contributed by atoms with Crippen LogP contribution in [0.25, 0.3) is 0 Å². The number of rotatable bonds is 20. The van der Waals surface area contributed by atoms with Crippen LogP contribution in [0.1, 0.15) is 114 Å². The molecule has 0 bridgehead atoms. The van der Waals surface area contributed by atoms with Crippen molar-refractivity contribution in [1.29, 1.82) is 5.26 Å². The molecule has 3 aromatic rings. The van der Waals surface area contributed by atoms with E-state index in [9.17, 15) is 29.5 Å². The Bertz CT molecular complexity index is 2290. The molecule has 3 atom stereocenters. The van der Waals surface area contributed by atoms with Crippen molar-refractivity contribution in [1.82, 2.24) is 15.5 Å². The summed E-state index contributed by atoms with van der Waals surface area (Å²) >= 11 is 6.24. The van der Waals surface area contributed by atoms with Crippen LogP contribution in [0.5, 0.6) is 5.75 Å². The van der Waals surface area contributed by atoms with Crippen molar-refractivity contribution in [2.45, 2.75) is 118 Å². The van der Waals surface area contributed by atoms with Gasteiger partial charge in [-0.2, -0.15) is 5.26 Å². The number of hydrogen-bond acceptors (Lipinski definition) is 13. The molecule has 16 nitrogen and oxygen atoms in total. The zero-order chi connectivity index (χ0) is 47.8. The molecule has 4 N–H and O–H groups in total. The van der Waals surface area contributed by atoms with Crippen LogP contribution in [-0.2, 0) is 25.7 Å². The van der Waals surface area contributed by atoms with Crippen molar-refractivity contribution in [2.24, 2.45) is 42.8 Å². The van der Waals surface area contributed by atoms with Crippen molar-refractivity contribution in [2.75, 3.05) is 31.6 Å². The summed E-state index contributed by atoms with van der Waals surface area (Å²) in [5.41, 5.74) is 2.16. The first-order valence-corrected chi connectivity index (χ1v) is 22.9. The summed E-state index contributed by atoms with van der Waals surface area (Å²) in [6, 6.07) is 20.8. The number of nitrogens with one attached hydrogen (secondary N) is 3. The fourth-order valence-corrected chi connectivity index (χ4v) is 9.66. The predicted octanol–water partition coefficient (Wildman–Crippen LogP) is 8.15. The van der Waals surface area contributed by atoms with Crippen LogP contribution in [0, 0.1) is 33.5 Å². The number of carbonyl (C=O) groups is 4. The van der Waals surface area contributed by atoms with Crippen LogP contribution in [0.2, 0.25) is 5.02 Å². The smallest absolute Gasteiger partial charge is 0.251 e. The Balaban J connectivity index is 0.874. The van der Waals surface area contributed by atoms with Gasteiger partial charge in [0.15, 0.2) is 5.78 Å². The first-order chi connectivity index (χ1) is 31.3. The van der Waals surface area contributed by atoms with E-state index in [-0.39, 0.29) is 79.0 Å². The number of likely N-dealkylation sites (tertiary alicyclic amines) is 1. The molecule has 2 aliphatic heterocycles. The first-order valence-electron chi connectivity index (χ1n) is 22.5. The van der Waals surface area contributed by atoms with E-state index in [0.29, 0.717) is 28.5 Å². The second-order valence-electron chi connectivity index (χ2n) is 19.7. The van der Waals surface area contributed by atoms with E-state index in [1.54, 1.807) is 30.3 Å². The topological polar surface area (TPSA) is 220 Å². The average Bonchev–Trinajstić information content (AvgIpc) is 3.97. The third kappa shape index (κ3) is 12.0. The fourth-order valence-electron chi connectivity index (χ4n) is 9.45.